The maximum Gasteiger partial charge on any atom is 0.0379 e. The van der Waals surface area contributed by atoms with Crippen LogP contribution in [0.25, 0.3) is 11.1 Å². The number of hydrogen-bond donors (Lipinski definition) is 1. The highest BCUT2D eigenvalue weighted by Gasteiger charge is 2.14. The van der Waals surface area contributed by atoms with Gasteiger partial charge < -0.3 is 5.73 Å². The van der Waals surface area contributed by atoms with Crippen molar-refractivity contribution >= 4 is 5.69 Å². The van der Waals surface area contributed by atoms with Crippen molar-refractivity contribution in [2.75, 3.05) is 5.73 Å². The van der Waals surface area contributed by atoms with Crippen LogP contribution in [0.5, 0.6) is 0 Å². The standard InChI is InChI=1S/C22H31N/c1-7-16-11-19(12-17(8-2)22(16)23)21-13-18(14(3)4)9-10-20(21)15(5)6/h9-15H,7-8,23H2,1-6H3. The first-order valence-corrected chi connectivity index (χ1v) is 8.94. The van der Waals surface area contributed by atoms with Crippen LogP contribution in [0.4, 0.5) is 5.69 Å². The van der Waals surface area contributed by atoms with Crippen LogP contribution in [0, 0.1) is 0 Å². The van der Waals surface area contributed by atoms with E-state index >= 15 is 0 Å². The van der Waals surface area contributed by atoms with Crippen molar-refractivity contribution in [1.29, 1.82) is 0 Å². The van der Waals surface area contributed by atoms with Crippen molar-refractivity contribution in [2.45, 2.75) is 66.2 Å². The summed E-state index contributed by atoms with van der Waals surface area (Å²) in [7, 11) is 0. The lowest BCUT2D eigenvalue weighted by Crippen LogP contribution is -2.01. The van der Waals surface area contributed by atoms with Crippen molar-refractivity contribution in [2.24, 2.45) is 0 Å². The quantitative estimate of drug-likeness (QED) is 0.644. The van der Waals surface area contributed by atoms with E-state index in [4.69, 9.17) is 5.73 Å². The summed E-state index contributed by atoms with van der Waals surface area (Å²) in [6.45, 7) is 13.4. The fourth-order valence-electron chi connectivity index (χ4n) is 3.21. The highest BCUT2D eigenvalue weighted by Crippen LogP contribution is 2.35. The molecule has 2 aromatic carbocycles. The summed E-state index contributed by atoms with van der Waals surface area (Å²) in [4.78, 5) is 0. The van der Waals surface area contributed by atoms with E-state index < -0.39 is 0 Å². The van der Waals surface area contributed by atoms with Gasteiger partial charge in [0.1, 0.15) is 0 Å². The van der Waals surface area contributed by atoms with Crippen LogP contribution >= 0.6 is 0 Å². The Morgan fingerprint density at radius 2 is 1.39 bits per heavy atom. The molecule has 0 fully saturated rings. The van der Waals surface area contributed by atoms with Gasteiger partial charge in [0, 0.05) is 5.69 Å². The molecule has 0 aliphatic carbocycles. The summed E-state index contributed by atoms with van der Waals surface area (Å²) in [6.07, 6.45) is 1.96. The predicted molar refractivity (Wildman–Crippen MR) is 103 cm³/mol. The summed E-state index contributed by atoms with van der Waals surface area (Å²) in [6, 6.07) is 11.6. The van der Waals surface area contributed by atoms with Gasteiger partial charge in [-0.15, -0.1) is 0 Å². The molecular formula is C22H31N. The molecule has 2 aromatic rings. The fourth-order valence-corrected chi connectivity index (χ4v) is 3.21. The zero-order valence-corrected chi connectivity index (χ0v) is 15.5. The van der Waals surface area contributed by atoms with Gasteiger partial charge in [0.2, 0.25) is 0 Å². The van der Waals surface area contributed by atoms with Crippen LogP contribution in [0.3, 0.4) is 0 Å². The second-order valence-corrected chi connectivity index (χ2v) is 7.07. The second-order valence-electron chi connectivity index (χ2n) is 7.07. The molecule has 0 aliphatic heterocycles. The minimum absolute atomic E-state index is 0.513. The lowest BCUT2D eigenvalue weighted by Gasteiger charge is -2.19. The molecule has 0 atom stereocenters. The van der Waals surface area contributed by atoms with Crippen molar-refractivity contribution < 1.29 is 0 Å². The molecule has 23 heavy (non-hydrogen) atoms. The first kappa shape index (κ1) is 17.6. The van der Waals surface area contributed by atoms with Gasteiger partial charge in [-0.05, 0) is 70.2 Å². The number of nitrogens with two attached hydrogens (primary N) is 1. The first-order valence-electron chi connectivity index (χ1n) is 8.94. The van der Waals surface area contributed by atoms with Gasteiger partial charge in [-0.3, -0.25) is 0 Å². The van der Waals surface area contributed by atoms with Crippen molar-refractivity contribution in [3.63, 3.8) is 0 Å². The lowest BCUT2D eigenvalue weighted by atomic mass is 9.87. The Morgan fingerprint density at radius 1 is 0.826 bits per heavy atom. The van der Waals surface area contributed by atoms with Crippen LogP contribution in [0.15, 0.2) is 30.3 Å². The molecule has 0 aromatic heterocycles. The summed E-state index contributed by atoms with van der Waals surface area (Å²) in [5, 5.41) is 0. The Hall–Kier alpha value is -1.76. The molecule has 0 unspecified atom stereocenters. The normalized spacial score (nSPS) is 11.5. The second kappa shape index (κ2) is 7.21. The summed E-state index contributed by atoms with van der Waals surface area (Å²) >= 11 is 0. The maximum atomic E-state index is 6.33. The molecule has 0 aliphatic rings. The van der Waals surface area contributed by atoms with E-state index in [-0.39, 0.29) is 0 Å². The average molecular weight is 309 g/mol. The molecule has 0 radical (unpaired) electrons. The zero-order valence-electron chi connectivity index (χ0n) is 15.5. The SMILES string of the molecule is CCc1cc(-c2cc(C(C)C)ccc2C(C)C)cc(CC)c1N. The van der Waals surface area contributed by atoms with Crippen molar-refractivity contribution in [3.8, 4) is 11.1 Å². The van der Waals surface area contributed by atoms with E-state index in [0.29, 0.717) is 11.8 Å². The van der Waals surface area contributed by atoms with Crippen LogP contribution in [0.1, 0.15) is 75.6 Å². The number of rotatable bonds is 5. The van der Waals surface area contributed by atoms with E-state index in [1.807, 2.05) is 0 Å². The van der Waals surface area contributed by atoms with Crippen LogP contribution in [-0.4, -0.2) is 0 Å². The topological polar surface area (TPSA) is 26.0 Å². The van der Waals surface area contributed by atoms with Crippen LogP contribution < -0.4 is 5.73 Å². The average Bonchev–Trinajstić information content (AvgIpc) is 2.54. The lowest BCUT2D eigenvalue weighted by molar-refractivity contribution is 0.847. The van der Waals surface area contributed by atoms with E-state index in [9.17, 15) is 0 Å². The van der Waals surface area contributed by atoms with Gasteiger partial charge in [0.15, 0.2) is 0 Å². The van der Waals surface area contributed by atoms with E-state index in [0.717, 1.165) is 18.5 Å². The van der Waals surface area contributed by atoms with Gasteiger partial charge in [0.25, 0.3) is 0 Å². The molecule has 0 saturated carbocycles. The Kier molecular flexibility index (Phi) is 5.51. The van der Waals surface area contributed by atoms with Gasteiger partial charge in [-0.1, -0.05) is 59.7 Å². The van der Waals surface area contributed by atoms with Crippen LogP contribution in [-0.2, 0) is 12.8 Å². The zero-order chi connectivity index (χ0) is 17.1. The molecular weight excluding hydrogens is 278 g/mol. The Morgan fingerprint density at radius 3 is 1.83 bits per heavy atom. The molecule has 0 spiro atoms. The first-order chi connectivity index (χ1) is 10.9. The van der Waals surface area contributed by atoms with Crippen molar-refractivity contribution in [1.82, 2.24) is 0 Å². The molecule has 2 N–H and O–H groups in total. The number of anilines is 1. The van der Waals surface area contributed by atoms with Gasteiger partial charge in [-0.2, -0.15) is 0 Å². The Labute approximate surface area is 141 Å². The largest absolute Gasteiger partial charge is 0.398 e. The predicted octanol–water partition coefficient (Wildman–Crippen LogP) is 6.31. The fraction of sp³-hybridized carbons (Fsp3) is 0.455. The highest BCUT2D eigenvalue weighted by atomic mass is 14.6. The molecule has 1 heteroatoms. The van der Waals surface area contributed by atoms with E-state index in [2.05, 4.69) is 71.9 Å². The smallest absolute Gasteiger partial charge is 0.0379 e. The third kappa shape index (κ3) is 3.60. The molecule has 0 amide bonds. The number of nitrogen functional groups attached to an aromatic ring is 1. The molecule has 2 rings (SSSR count). The van der Waals surface area contributed by atoms with E-state index in [1.165, 1.54) is 33.4 Å². The van der Waals surface area contributed by atoms with Crippen molar-refractivity contribution in [3.05, 3.63) is 52.6 Å². The van der Waals surface area contributed by atoms with E-state index in [1.54, 1.807) is 0 Å². The number of hydrogen-bond acceptors (Lipinski definition) is 1. The number of aryl methyl sites for hydroxylation is 2. The molecule has 0 bridgehead atoms. The molecule has 0 saturated heterocycles. The maximum absolute atomic E-state index is 6.33. The van der Waals surface area contributed by atoms with Gasteiger partial charge in [0.05, 0.1) is 0 Å². The Bertz CT molecular complexity index is 655. The van der Waals surface area contributed by atoms with Gasteiger partial charge in [-0.25, -0.2) is 0 Å². The summed E-state index contributed by atoms with van der Waals surface area (Å²) in [5.74, 6) is 1.05. The monoisotopic (exact) mass is 309 g/mol. The molecule has 0 heterocycles. The Balaban J connectivity index is 2.71. The number of benzene rings is 2. The van der Waals surface area contributed by atoms with Gasteiger partial charge >= 0.3 is 0 Å². The van der Waals surface area contributed by atoms with Crippen LogP contribution in [0.2, 0.25) is 0 Å². The summed E-state index contributed by atoms with van der Waals surface area (Å²) < 4.78 is 0. The third-order valence-corrected chi connectivity index (χ3v) is 4.79. The molecule has 124 valence electrons. The third-order valence-electron chi connectivity index (χ3n) is 4.79. The minimum atomic E-state index is 0.513. The minimum Gasteiger partial charge on any atom is -0.398 e. The highest BCUT2D eigenvalue weighted by molar-refractivity contribution is 5.74. The molecule has 1 nitrogen and oxygen atoms in total. The summed E-state index contributed by atoms with van der Waals surface area (Å²) in [5.41, 5.74) is 15.3.